The van der Waals surface area contributed by atoms with Crippen LogP contribution in [-0.2, 0) is 59.8 Å². The van der Waals surface area contributed by atoms with Crippen molar-refractivity contribution in [3.05, 3.63) is 12.7 Å². The van der Waals surface area contributed by atoms with Gasteiger partial charge in [-0.15, -0.1) is 0 Å². The average Bonchev–Trinajstić information content (AvgIpc) is 3.76. The predicted molar refractivity (Wildman–Crippen MR) is 143 cm³/mol. The van der Waals surface area contributed by atoms with E-state index < -0.39 is 35.5 Å². The van der Waals surface area contributed by atoms with Crippen LogP contribution >= 0.6 is 0 Å². The van der Waals surface area contributed by atoms with E-state index in [0.717, 1.165) is 12.7 Å². The number of carbonyl (C=O) groups excluding carboxylic acids is 1. The standard InChI is InChI=1S/C24H48O13Si2/c1-9-22(25)31-17-14-18-38(26-5,37-24(33-10-2,34-11-3)35-12-4)36-23(39(27-6,28-7)29-8)15-13-16-30-19-21-20-32-21/h9,21,23H,1,10-20H2,2-8H3. The van der Waals surface area contributed by atoms with Crippen molar-refractivity contribution in [1.82, 2.24) is 0 Å². The zero-order valence-corrected chi connectivity index (χ0v) is 26.5. The molecular formula is C24H48O13Si2. The molecule has 3 atom stereocenters. The van der Waals surface area contributed by atoms with Crippen molar-refractivity contribution in [3.8, 4) is 0 Å². The fraction of sp³-hybridized carbons (Fsp3) is 0.875. The Morgan fingerprint density at radius 2 is 1.56 bits per heavy atom. The van der Waals surface area contributed by atoms with E-state index in [-0.39, 0.29) is 38.6 Å². The van der Waals surface area contributed by atoms with Crippen LogP contribution < -0.4 is 0 Å². The zero-order valence-electron chi connectivity index (χ0n) is 24.5. The van der Waals surface area contributed by atoms with E-state index in [1.807, 2.05) is 0 Å². The smallest absolute Gasteiger partial charge is 0.463 e. The highest BCUT2D eigenvalue weighted by atomic mass is 28.4. The summed E-state index contributed by atoms with van der Waals surface area (Å²) >= 11 is 0. The number of esters is 1. The Balaban J connectivity index is 3.29. The lowest BCUT2D eigenvalue weighted by Crippen LogP contribution is -2.63. The number of carbonyl (C=O) groups is 1. The van der Waals surface area contributed by atoms with Crippen molar-refractivity contribution >= 4 is 23.6 Å². The van der Waals surface area contributed by atoms with Gasteiger partial charge in [0.15, 0.2) is 0 Å². The summed E-state index contributed by atoms with van der Waals surface area (Å²) in [7, 11) is -1.15. The number of hydrogen-bond acceptors (Lipinski definition) is 13. The first kappa shape index (κ1) is 36.2. The highest BCUT2D eigenvalue weighted by Gasteiger charge is 2.58. The first-order valence-corrected chi connectivity index (χ1v) is 17.0. The molecule has 230 valence electrons. The van der Waals surface area contributed by atoms with Crippen molar-refractivity contribution in [3.63, 3.8) is 0 Å². The van der Waals surface area contributed by atoms with Gasteiger partial charge in [-0.2, -0.15) is 0 Å². The fourth-order valence-electron chi connectivity index (χ4n) is 3.70. The van der Waals surface area contributed by atoms with Crippen LogP contribution in [0.15, 0.2) is 12.7 Å². The molecule has 0 aromatic carbocycles. The molecule has 0 radical (unpaired) electrons. The van der Waals surface area contributed by atoms with Gasteiger partial charge in [-0.25, -0.2) is 4.79 Å². The molecule has 1 aliphatic heterocycles. The molecule has 0 aromatic rings. The Bertz CT molecular complexity index is 653. The van der Waals surface area contributed by atoms with Crippen LogP contribution in [0.1, 0.15) is 40.0 Å². The molecule has 1 rings (SSSR count). The summed E-state index contributed by atoms with van der Waals surface area (Å²) in [4.78, 5) is 11.6. The van der Waals surface area contributed by atoms with Crippen LogP contribution in [0.5, 0.6) is 0 Å². The van der Waals surface area contributed by atoms with Crippen molar-refractivity contribution in [1.29, 1.82) is 0 Å². The number of hydrogen-bond donors (Lipinski definition) is 0. The maximum absolute atomic E-state index is 11.6. The van der Waals surface area contributed by atoms with Gasteiger partial charge in [0.05, 0.1) is 39.6 Å². The first-order chi connectivity index (χ1) is 18.8. The summed E-state index contributed by atoms with van der Waals surface area (Å²) < 4.78 is 70.0. The molecule has 0 aliphatic carbocycles. The lowest BCUT2D eigenvalue weighted by atomic mass is 10.3. The summed E-state index contributed by atoms with van der Waals surface area (Å²) in [5.41, 5.74) is -0.705. The van der Waals surface area contributed by atoms with Crippen LogP contribution in [-0.4, -0.2) is 116 Å². The van der Waals surface area contributed by atoms with Crippen LogP contribution in [0.4, 0.5) is 0 Å². The molecule has 1 heterocycles. The first-order valence-electron chi connectivity index (χ1n) is 13.3. The highest BCUT2D eigenvalue weighted by molar-refractivity contribution is 6.66. The maximum atomic E-state index is 11.6. The highest BCUT2D eigenvalue weighted by Crippen LogP contribution is 2.32. The minimum absolute atomic E-state index is 0.0870. The minimum Gasteiger partial charge on any atom is -0.463 e. The Labute approximate surface area is 234 Å². The molecule has 3 unspecified atom stereocenters. The number of rotatable bonds is 26. The normalized spacial score (nSPS) is 18.0. The lowest BCUT2D eigenvalue weighted by molar-refractivity contribution is -0.478. The SMILES string of the molecule is C=CC(=O)OCCC[Si](OC)(OC(CCCOCC1CO1)[Si](OC)(OC)OC)OC(OCC)(OCC)OCC. The van der Waals surface area contributed by atoms with Gasteiger partial charge in [0.2, 0.25) is 0 Å². The molecule has 0 amide bonds. The third kappa shape index (κ3) is 12.3. The molecule has 39 heavy (non-hydrogen) atoms. The maximum Gasteiger partial charge on any atom is 0.529 e. The fourth-order valence-corrected chi connectivity index (χ4v) is 9.00. The van der Waals surface area contributed by atoms with Gasteiger partial charge < -0.3 is 50.6 Å². The van der Waals surface area contributed by atoms with E-state index in [1.54, 1.807) is 20.8 Å². The van der Waals surface area contributed by atoms with Crippen LogP contribution in [0.3, 0.4) is 0 Å². The largest absolute Gasteiger partial charge is 0.529 e. The quantitative estimate of drug-likeness (QED) is 0.0360. The van der Waals surface area contributed by atoms with Crippen molar-refractivity contribution < 1.29 is 59.8 Å². The number of ether oxygens (including phenoxy) is 6. The summed E-state index contributed by atoms with van der Waals surface area (Å²) in [5.74, 6) is -0.534. The molecule has 13 nitrogen and oxygen atoms in total. The van der Waals surface area contributed by atoms with E-state index in [9.17, 15) is 4.79 Å². The third-order valence-electron chi connectivity index (χ3n) is 5.62. The van der Waals surface area contributed by atoms with Gasteiger partial charge in [-0.3, -0.25) is 4.43 Å². The second-order valence-electron chi connectivity index (χ2n) is 8.26. The molecule has 0 N–H and O–H groups in total. The predicted octanol–water partition coefficient (Wildman–Crippen LogP) is 2.43. The van der Waals surface area contributed by atoms with E-state index >= 15 is 0 Å². The Morgan fingerprint density at radius 1 is 0.974 bits per heavy atom. The van der Waals surface area contributed by atoms with Crippen molar-refractivity contribution in [2.45, 2.75) is 64.1 Å². The third-order valence-corrected chi connectivity index (χ3v) is 11.6. The average molecular weight is 601 g/mol. The zero-order chi connectivity index (χ0) is 29.2. The van der Waals surface area contributed by atoms with Gasteiger partial charge in [0, 0.05) is 47.2 Å². The molecule has 0 bridgehead atoms. The van der Waals surface area contributed by atoms with Crippen molar-refractivity contribution in [2.24, 2.45) is 0 Å². The number of epoxide rings is 1. The van der Waals surface area contributed by atoms with Gasteiger partial charge in [-0.05, 0) is 40.0 Å². The second kappa shape index (κ2) is 19.3. The summed E-state index contributed by atoms with van der Waals surface area (Å²) in [5, 5.41) is 0. The molecule has 0 spiro atoms. The van der Waals surface area contributed by atoms with Crippen LogP contribution in [0.2, 0.25) is 6.04 Å². The van der Waals surface area contributed by atoms with Gasteiger partial charge in [0.1, 0.15) is 11.8 Å². The van der Waals surface area contributed by atoms with E-state index in [4.69, 9.17) is 55.0 Å². The monoisotopic (exact) mass is 600 g/mol. The van der Waals surface area contributed by atoms with Gasteiger partial charge in [0.25, 0.3) is 0 Å². The van der Waals surface area contributed by atoms with Gasteiger partial charge in [-0.1, -0.05) is 6.58 Å². The Kier molecular flexibility index (Phi) is 18.0. The van der Waals surface area contributed by atoms with E-state index in [0.29, 0.717) is 32.5 Å². The van der Waals surface area contributed by atoms with Crippen molar-refractivity contribution in [2.75, 3.05) is 74.7 Å². The van der Waals surface area contributed by atoms with Crippen LogP contribution in [0, 0.1) is 0 Å². The molecule has 1 fully saturated rings. The minimum atomic E-state index is -3.76. The Hall–Kier alpha value is -0.796. The summed E-state index contributed by atoms with van der Waals surface area (Å²) in [6, 6.07) is 0.219. The molecule has 0 saturated carbocycles. The molecule has 15 heteroatoms. The summed E-state index contributed by atoms with van der Waals surface area (Å²) in [6.07, 6.45) is 0.795. The van der Waals surface area contributed by atoms with Crippen LogP contribution in [0.25, 0.3) is 0 Å². The molecule has 0 aromatic heterocycles. The second-order valence-corrected chi connectivity index (χ2v) is 14.0. The summed E-state index contributed by atoms with van der Waals surface area (Å²) in [6.45, 7) is 11.3. The van der Waals surface area contributed by atoms with E-state index in [2.05, 4.69) is 6.58 Å². The van der Waals surface area contributed by atoms with Gasteiger partial charge >= 0.3 is 29.7 Å². The Morgan fingerprint density at radius 3 is 2.03 bits per heavy atom. The van der Waals surface area contributed by atoms with E-state index in [1.165, 1.54) is 28.4 Å². The molecular weight excluding hydrogens is 552 g/mol. The topological polar surface area (TPSA) is 131 Å². The lowest BCUT2D eigenvalue weighted by Gasteiger charge is -2.42. The molecule has 1 aliphatic rings. The molecule has 1 saturated heterocycles.